The van der Waals surface area contributed by atoms with Crippen molar-refractivity contribution < 1.29 is 14.4 Å². The standard InChI is InChI=1S/C9H15N5O4/c1-17-5-6(18-2)3-11-8-7(14(15)16)4-12-9(10)13-8/h4,6H,3,5H2,1-2H3,(H3,10,11,12,13). The van der Waals surface area contributed by atoms with Crippen molar-refractivity contribution in [2.75, 3.05) is 38.4 Å². The third-order valence-electron chi connectivity index (χ3n) is 2.17. The number of methoxy groups -OCH3 is 2. The molecule has 0 aromatic carbocycles. The van der Waals surface area contributed by atoms with Crippen LogP contribution in [0, 0.1) is 10.1 Å². The van der Waals surface area contributed by atoms with Crippen LogP contribution in [0.4, 0.5) is 17.5 Å². The number of rotatable bonds is 7. The van der Waals surface area contributed by atoms with E-state index in [0.717, 1.165) is 6.20 Å². The van der Waals surface area contributed by atoms with Gasteiger partial charge in [-0.05, 0) is 0 Å². The zero-order valence-electron chi connectivity index (χ0n) is 10.1. The highest BCUT2D eigenvalue weighted by atomic mass is 16.6. The molecule has 3 N–H and O–H groups in total. The fraction of sp³-hybridized carbons (Fsp3) is 0.556. The Kier molecular flexibility index (Phi) is 5.21. The number of nitrogens with one attached hydrogen (secondary N) is 1. The van der Waals surface area contributed by atoms with Crippen molar-refractivity contribution in [1.29, 1.82) is 0 Å². The van der Waals surface area contributed by atoms with Gasteiger partial charge in [0.25, 0.3) is 0 Å². The highest BCUT2D eigenvalue weighted by Gasteiger charge is 2.17. The smallest absolute Gasteiger partial charge is 0.329 e. The first-order chi connectivity index (χ1) is 8.58. The minimum absolute atomic E-state index is 0.0381. The number of nitrogen functional groups attached to an aromatic ring is 1. The van der Waals surface area contributed by atoms with Gasteiger partial charge in [0.15, 0.2) is 0 Å². The van der Waals surface area contributed by atoms with Crippen molar-refractivity contribution in [3.8, 4) is 0 Å². The van der Waals surface area contributed by atoms with Gasteiger partial charge in [0.2, 0.25) is 11.8 Å². The number of hydrogen-bond acceptors (Lipinski definition) is 8. The average molecular weight is 257 g/mol. The van der Waals surface area contributed by atoms with E-state index < -0.39 is 4.92 Å². The number of aromatic nitrogens is 2. The summed E-state index contributed by atoms with van der Waals surface area (Å²) in [7, 11) is 3.06. The van der Waals surface area contributed by atoms with Gasteiger partial charge in [-0.15, -0.1) is 0 Å². The van der Waals surface area contributed by atoms with Crippen LogP contribution in [0.25, 0.3) is 0 Å². The molecule has 0 aliphatic carbocycles. The Balaban J connectivity index is 2.76. The van der Waals surface area contributed by atoms with E-state index in [2.05, 4.69) is 15.3 Å². The van der Waals surface area contributed by atoms with E-state index in [0.29, 0.717) is 13.2 Å². The van der Waals surface area contributed by atoms with Gasteiger partial charge in [-0.25, -0.2) is 4.98 Å². The van der Waals surface area contributed by atoms with E-state index in [1.54, 1.807) is 0 Å². The van der Waals surface area contributed by atoms with E-state index >= 15 is 0 Å². The summed E-state index contributed by atoms with van der Waals surface area (Å²) in [6, 6.07) is 0. The van der Waals surface area contributed by atoms with E-state index in [1.165, 1.54) is 14.2 Å². The Labute approximate surface area is 103 Å². The highest BCUT2D eigenvalue weighted by Crippen LogP contribution is 2.20. The van der Waals surface area contributed by atoms with Gasteiger partial charge in [0.1, 0.15) is 6.20 Å². The quantitative estimate of drug-likeness (QED) is 0.518. The molecule has 0 amide bonds. The summed E-state index contributed by atoms with van der Waals surface area (Å²) >= 11 is 0. The molecule has 0 bridgehead atoms. The van der Waals surface area contributed by atoms with Crippen LogP contribution in [0.15, 0.2) is 6.20 Å². The van der Waals surface area contributed by atoms with Crippen LogP contribution in [0.3, 0.4) is 0 Å². The van der Waals surface area contributed by atoms with Crippen LogP contribution in [0.1, 0.15) is 0 Å². The van der Waals surface area contributed by atoms with Crippen molar-refractivity contribution in [3.63, 3.8) is 0 Å². The summed E-state index contributed by atoms with van der Waals surface area (Å²) in [5, 5.41) is 13.6. The Hall–Kier alpha value is -2.00. The topological polar surface area (TPSA) is 125 Å². The molecule has 0 fully saturated rings. The molecule has 1 aromatic heterocycles. The van der Waals surface area contributed by atoms with Crippen molar-refractivity contribution in [2.45, 2.75) is 6.10 Å². The summed E-state index contributed by atoms with van der Waals surface area (Å²) in [6.45, 7) is 0.666. The fourth-order valence-electron chi connectivity index (χ4n) is 1.26. The molecule has 1 aromatic rings. The predicted molar refractivity (Wildman–Crippen MR) is 64.3 cm³/mol. The molecule has 0 saturated carbocycles. The molecule has 1 heterocycles. The van der Waals surface area contributed by atoms with E-state index in [1.807, 2.05) is 0 Å². The van der Waals surface area contributed by atoms with Crippen molar-refractivity contribution >= 4 is 17.5 Å². The van der Waals surface area contributed by atoms with E-state index in [9.17, 15) is 10.1 Å². The van der Waals surface area contributed by atoms with Crippen molar-refractivity contribution in [3.05, 3.63) is 16.3 Å². The van der Waals surface area contributed by atoms with Crippen molar-refractivity contribution in [2.24, 2.45) is 0 Å². The maximum atomic E-state index is 10.8. The van der Waals surface area contributed by atoms with E-state index in [-0.39, 0.29) is 23.6 Å². The van der Waals surface area contributed by atoms with Gasteiger partial charge < -0.3 is 20.5 Å². The number of hydrogen-bond donors (Lipinski definition) is 2. The minimum atomic E-state index is -0.583. The van der Waals surface area contributed by atoms with Crippen LogP contribution in [0.5, 0.6) is 0 Å². The minimum Gasteiger partial charge on any atom is -0.382 e. The van der Waals surface area contributed by atoms with Gasteiger partial charge in [0, 0.05) is 20.8 Å². The lowest BCUT2D eigenvalue weighted by atomic mass is 10.3. The lowest BCUT2D eigenvalue weighted by molar-refractivity contribution is -0.384. The van der Waals surface area contributed by atoms with Crippen LogP contribution in [0.2, 0.25) is 0 Å². The first-order valence-electron chi connectivity index (χ1n) is 5.11. The Morgan fingerprint density at radius 2 is 2.33 bits per heavy atom. The second kappa shape index (κ2) is 6.67. The Morgan fingerprint density at radius 3 is 2.89 bits per heavy atom. The van der Waals surface area contributed by atoms with Crippen LogP contribution >= 0.6 is 0 Å². The van der Waals surface area contributed by atoms with Crippen LogP contribution in [-0.2, 0) is 9.47 Å². The Morgan fingerprint density at radius 1 is 1.61 bits per heavy atom. The summed E-state index contributed by atoms with van der Waals surface area (Å²) < 4.78 is 10.0. The molecule has 1 rings (SSSR count). The molecule has 0 saturated heterocycles. The Bertz CT molecular complexity index is 414. The largest absolute Gasteiger partial charge is 0.382 e. The predicted octanol–water partition coefficient (Wildman–Crippen LogP) is 0.0403. The highest BCUT2D eigenvalue weighted by molar-refractivity contribution is 5.56. The molecule has 0 aliphatic rings. The summed E-state index contributed by atoms with van der Waals surface area (Å²) in [5.41, 5.74) is 5.15. The van der Waals surface area contributed by atoms with Crippen molar-refractivity contribution in [1.82, 2.24) is 9.97 Å². The van der Waals surface area contributed by atoms with Gasteiger partial charge in [-0.1, -0.05) is 0 Å². The first kappa shape index (κ1) is 14.1. The normalized spacial score (nSPS) is 12.1. The molecule has 100 valence electrons. The number of ether oxygens (including phenoxy) is 2. The van der Waals surface area contributed by atoms with Crippen LogP contribution < -0.4 is 11.1 Å². The number of nitro groups is 1. The molecular weight excluding hydrogens is 242 g/mol. The lowest BCUT2D eigenvalue weighted by Crippen LogP contribution is -2.27. The molecule has 9 nitrogen and oxygen atoms in total. The zero-order chi connectivity index (χ0) is 13.5. The monoisotopic (exact) mass is 257 g/mol. The third kappa shape index (κ3) is 3.79. The fourth-order valence-corrected chi connectivity index (χ4v) is 1.26. The molecule has 1 atom stereocenters. The molecule has 9 heteroatoms. The number of anilines is 2. The molecule has 18 heavy (non-hydrogen) atoms. The second-order valence-electron chi connectivity index (χ2n) is 3.41. The molecule has 1 unspecified atom stereocenters. The molecule has 0 radical (unpaired) electrons. The number of nitrogens with zero attached hydrogens (tertiary/aromatic N) is 3. The van der Waals surface area contributed by atoms with Gasteiger partial charge in [0.05, 0.1) is 17.6 Å². The van der Waals surface area contributed by atoms with Gasteiger partial charge >= 0.3 is 5.69 Å². The maximum Gasteiger partial charge on any atom is 0.329 e. The molecular formula is C9H15N5O4. The summed E-state index contributed by atoms with van der Waals surface area (Å²) in [5.74, 6) is 0.0226. The lowest BCUT2D eigenvalue weighted by Gasteiger charge is -2.15. The number of nitrogens with two attached hydrogens (primary N) is 1. The zero-order valence-corrected chi connectivity index (χ0v) is 10.1. The van der Waals surface area contributed by atoms with E-state index in [4.69, 9.17) is 15.2 Å². The molecule has 0 spiro atoms. The van der Waals surface area contributed by atoms with Gasteiger partial charge in [-0.2, -0.15) is 4.98 Å². The molecule has 0 aliphatic heterocycles. The third-order valence-corrected chi connectivity index (χ3v) is 2.17. The second-order valence-corrected chi connectivity index (χ2v) is 3.41. The van der Waals surface area contributed by atoms with Gasteiger partial charge in [-0.3, -0.25) is 10.1 Å². The average Bonchev–Trinajstić information content (AvgIpc) is 2.34. The first-order valence-corrected chi connectivity index (χ1v) is 5.11. The van der Waals surface area contributed by atoms with Crippen LogP contribution in [-0.4, -0.2) is 48.4 Å². The summed E-state index contributed by atoms with van der Waals surface area (Å²) in [4.78, 5) is 17.5. The SMILES string of the molecule is COCC(CNc1nc(N)ncc1[N+](=O)[O-])OC. The maximum absolute atomic E-state index is 10.8. The summed E-state index contributed by atoms with van der Waals surface area (Å²) in [6.07, 6.45) is 0.814.